The van der Waals surface area contributed by atoms with E-state index in [9.17, 15) is 14.4 Å². The Kier molecular flexibility index (Phi) is 6.42. The maximum absolute atomic E-state index is 12.8. The molecular formula is C20H27N3O3S. The third kappa shape index (κ3) is 4.29. The predicted molar refractivity (Wildman–Crippen MR) is 107 cm³/mol. The van der Waals surface area contributed by atoms with Crippen molar-refractivity contribution in [2.24, 2.45) is 5.92 Å². The average molecular weight is 390 g/mol. The second-order valence-corrected chi connectivity index (χ2v) is 7.92. The Morgan fingerprint density at radius 3 is 2.48 bits per heavy atom. The third-order valence-electron chi connectivity index (χ3n) is 5.37. The number of thioether (sulfide) groups is 1. The first-order valence-electron chi connectivity index (χ1n) is 9.63. The normalized spacial score (nSPS) is 17.6. The Hall–Kier alpha value is -2.02. The molecule has 6 nitrogen and oxygen atoms in total. The summed E-state index contributed by atoms with van der Waals surface area (Å²) >= 11 is 1.52. The highest BCUT2D eigenvalue weighted by Crippen LogP contribution is 2.34. The molecule has 1 fully saturated rings. The van der Waals surface area contributed by atoms with Crippen molar-refractivity contribution < 1.29 is 14.4 Å². The fourth-order valence-corrected chi connectivity index (χ4v) is 4.67. The van der Waals surface area contributed by atoms with Crippen LogP contribution in [0.2, 0.25) is 0 Å². The molecule has 3 rings (SSSR count). The van der Waals surface area contributed by atoms with Crippen LogP contribution >= 0.6 is 11.8 Å². The van der Waals surface area contributed by atoms with E-state index in [1.54, 1.807) is 9.80 Å². The second kappa shape index (κ2) is 8.78. The summed E-state index contributed by atoms with van der Waals surface area (Å²) in [5, 5.41) is 0. The van der Waals surface area contributed by atoms with E-state index >= 15 is 0 Å². The smallest absolute Gasteiger partial charge is 0.242 e. The third-order valence-corrected chi connectivity index (χ3v) is 6.42. The maximum atomic E-state index is 12.8. The van der Waals surface area contributed by atoms with Gasteiger partial charge in [0.1, 0.15) is 6.54 Å². The van der Waals surface area contributed by atoms with Crippen LogP contribution in [-0.4, -0.2) is 66.0 Å². The Labute approximate surface area is 164 Å². The van der Waals surface area contributed by atoms with Crippen LogP contribution in [0.1, 0.15) is 26.7 Å². The van der Waals surface area contributed by atoms with Gasteiger partial charge in [-0.05, 0) is 38.8 Å². The van der Waals surface area contributed by atoms with E-state index in [2.05, 4.69) is 0 Å². The second-order valence-electron chi connectivity index (χ2n) is 6.90. The highest BCUT2D eigenvalue weighted by atomic mass is 32.2. The molecule has 0 atom stereocenters. The van der Waals surface area contributed by atoms with Crippen molar-refractivity contribution in [1.29, 1.82) is 0 Å². The minimum atomic E-state index is -0.0428. The lowest BCUT2D eigenvalue weighted by Crippen LogP contribution is -2.49. The lowest BCUT2D eigenvalue weighted by atomic mass is 9.95. The van der Waals surface area contributed by atoms with Crippen molar-refractivity contribution in [1.82, 2.24) is 9.80 Å². The molecule has 0 spiro atoms. The number of para-hydroxylation sites is 1. The summed E-state index contributed by atoms with van der Waals surface area (Å²) in [5.41, 5.74) is 0.818. The molecule has 0 unspecified atom stereocenters. The number of hydrogen-bond acceptors (Lipinski definition) is 4. The molecule has 146 valence electrons. The lowest BCUT2D eigenvalue weighted by Gasteiger charge is -2.35. The van der Waals surface area contributed by atoms with Crippen molar-refractivity contribution in [3.8, 4) is 0 Å². The lowest BCUT2D eigenvalue weighted by molar-refractivity contribution is -0.140. The zero-order valence-electron chi connectivity index (χ0n) is 16.0. The van der Waals surface area contributed by atoms with Gasteiger partial charge in [-0.25, -0.2) is 0 Å². The standard InChI is InChI=1S/C20H27N3O3S/c1-3-21(4-2)20(26)15-9-11-22(12-10-15)18(24)13-23-16-7-5-6-8-17(16)27-14-19(23)25/h5-8,15H,3-4,9-14H2,1-2H3. The summed E-state index contributed by atoms with van der Waals surface area (Å²) in [6, 6.07) is 7.70. The van der Waals surface area contributed by atoms with Crippen LogP contribution in [0.15, 0.2) is 29.2 Å². The maximum Gasteiger partial charge on any atom is 0.242 e. The number of carbonyl (C=O) groups excluding carboxylic acids is 3. The topological polar surface area (TPSA) is 60.9 Å². The van der Waals surface area contributed by atoms with Gasteiger partial charge >= 0.3 is 0 Å². The molecule has 0 radical (unpaired) electrons. The molecule has 0 aliphatic carbocycles. The fraction of sp³-hybridized carbons (Fsp3) is 0.550. The molecule has 1 aromatic rings. The monoisotopic (exact) mass is 389 g/mol. The van der Waals surface area contributed by atoms with Gasteiger partial charge in [0.05, 0.1) is 11.4 Å². The van der Waals surface area contributed by atoms with Gasteiger partial charge in [-0.2, -0.15) is 0 Å². The van der Waals surface area contributed by atoms with Crippen LogP contribution in [0.5, 0.6) is 0 Å². The zero-order chi connectivity index (χ0) is 19.4. The van der Waals surface area contributed by atoms with Crippen LogP contribution in [0.4, 0.5) is 5.69 Å². The van der Waals surface area contributed by atoms with Gasteiger partial charge in [-0.15, -0.1) is 11.8 Å². The summed E-state index contributed by atoms with van der Waals surface area (Å²) in [4.78, 5) is 43.9. The predicted octanol–water partition coefficient (Wildman–Crippen LogP) is 2.23. The highest BCUT2D eigenvalue weighted by Gasteiger charge is 2.32. The van der Waals surface area contributed by atoms with Gasteiger partial charge in [-0.1, -0.05) is 12.1 Å². The molecule has 0 N–H and O–H groups in total. The largest absolute Gasteiger partial charge is 0.343 e. The summed E-state index contributed by atoms with van der Waals surface area (Å²) in [7, 11) is 0. The van der Waals surface area contributed by atoms with Crippen molar-refractivity contribution in [2.45, 2.75) is 31.6 Å². The average Bonchev–Trinajstić information content (AvgIpc) is 2.71. The molecule has 1 aromatic carbocycles. The van der Waals surface area contributed by atoms with Crippen LogP contribution in [-0.2, 0) is 14.4 Å². The van der Waals surface area contributed by atoms with Crippen molar-refractivity contribution in [2.75, 3.05) is 43.4 Å². The number of anilines is 1. The van der Waals surface area contributed by atoms with Gasteiger partial charge in [0.25, 0.3) is 0 Å². The molecular weight excluding hydrogens is 362 g/mol. The van der Waals surface area contributed by atoms with Gasteiger partial charge < -0.3 is 14.7 Å². The molecule has 1 saturated heterocycles. The van der Waals surface area contributed by atoms with E-state index in [1.165, 1.54) is 11.8 Å². The number of rotatable bonds is 5. The van der Waals surface area contributed by atoms with Gasteiger partial charge in [-0.3, -0.25) is 14.4 Å². The van der Waals surface area contributed by atoms with Crippen LogP contribution < -0.4 is 4.90 Å². The number of amides is 3. The number of benzene rings is 1. The van der Waals surface area contributed by atoms with E-state index in [-0.39, 0.29) is 30.2 Å². The summed E-state index contributed by atoms with van der Waals surface area (Å²) < 4.78 is 0. The first-order chi connectivity index (χ1) is 13.0. The Balaban J connectivity index is 1.59. The zero-order valence-corrected chi connectivity index (χ0v) is 16.8. The first-order valence-corrected chi connectivity index (χ1v) is 10.6. The number of nitrogens with zero attached hydrogens (tertiary/aromatic N) is 3. The molecule has 0 aromatic heterocycles. The number of carbonyl (C=O) groups is 3. The quantitative estimate of drug-likeness (QED) is 0.775. The van der Waals surface area contributed by atoms with Gasteiger partial charge in [0, 0.05) is 37.0 Å². The van der Waals surface area contributed by atoms with Crippen LogP contribution in [0.3, 0.4) is 0 Å². The Bertz CT molecular complexity index is 712. The molecule has 2 heterocycles. The van der Waals surface area contributed by atoms with Crippen LogP contribution in [0.25, 0.3) is 0 Å². The van der Waals surface area contributed by atoms with E-state index in [1.807, 2.05) is 43.0 Å². The molecule has 7 heteroatoms. The molecule has 3 amide bonds. The number of hydrogen-bond donors (Lipinski definition) is 0. The van der Waals surface area contributed by atoms with Crippen molar-refractivity contribution in [3.05, 3.63) is 24.3 Å². The molecule has 2 aliphatic rings. The van der Waals surface area contributed by atoms with E-state index in [4.69, 9.17) is 0 Å². The van der Waals surface area contributed by atoms with E-state index in [0.717, 1.165) is 23.7 Å². The summed E-state index contributed by atoms with van der Waals surface area (Å²) in [5.74, 6) is 0.495. The number of likely N-dealkylation sites (tertiary alicyclic amines) is 1. The summed E-state index contributed by atoms with van der Waals surface area (Å²) in [6.45, 7) is 6.67. The molecule has 0 saturated carbocycles. The first kappa shape index (κ1) is 19.7. The van der Waals surface area contributed by atoms with Gasteiger partial charge in [0.2, 0.25) is 17.7 Å². The van der Waals surface area contributed by atoms with Crippen molar-refractivity contribution >= 4 is 35.2 Å². The molecule has 2 aliphatic heterocycles. The SMILES string of the molecule is CCN(CC)C(=O)C1CCN(C(=O)CN2C(=O)CSc3ccccc32)CC1. The Morgan fingerprint density at radius 1 is 1.15 bits per heavy atom. The fourth-order valence-electron chi connectivity index (χ4n) is 3.73. The molecule has 0 bridgehead atoms. The summed E-state index contributed by atoms with van der Waals surface area (Å²) in [6.07, 6.45) is 1.39. The van der Waals surface area contributed by atoms with E-state index < -0.39 is 0 Å². The minimum absolute atomic E-state index is 0.00249. The number of fused-ring (bicyclic) bond motifs is 1. The van der Waals surface area contributed by atoms with Crippen LogP contribution in [0, 0.1) is 5.92 Å². The van der Waals surface area contributed by atoms with E-state index in [0.29, 0.717) is 31.7 Å². The molecule has 27 heavy (non-hydrogen) atoms. The van der Waals surface area contributed by atoms with Crippen molar-refractivity contribution in [3.63, 3.8) is 0 Å². The van der Waals surface area contributed by atoms with Gasteiger partial charge in [0.15, 0.2) is 0 Å². The minimum Gasteiger partial charge on any atom is -0.343 e. The Morgan fingerprint density at radius 2 is 1.81 bits per heavy atom. The highest BCUT2D eigenvalue weighted by molar-refractivity contribution is 8.00. The number of piperidine rings is 1.